The number of halogens is 1. The predicted molar refractivity (Wildman–Crippen MR) is 91.7 cm³/mol. The maximum absolute atomic E-state index is 5.99. The van der Waals surface area contributed by atoms with E-state index in [1.165, 1.54) is 12.0 Å². The summed E-state index contributed by atoms with van der Waals surface area (Å²) in [5.41, 5.74) is 1.36. The Morgan fingerprint density at radius 1 is 1.19 bits per heavy atom. The van der Waals surface area contributed by atoms with E-state index in [-0.39, 0.29) is 0 Å². The maximum Gasteiger partial charge on any atom is 0.0406 e. The number of rotatable bonds is 5. The van der Waals surface area contributed by atoms with Crippen molar-refractivity contribution in [3.63, 3.8) is 0 Å². The molecule has 0 saturated carbocycles. The predicted octanol–water partition coefficient (Wildman–Crippen LogP) is 4.18. The van der Waals surface area contributed by atoms with Crippen LogP contribution in [0, 0.1) is 11.8 Å². The number of nitrogens with zero attached hydrogens (tertiary/aromatic N) is 1. The van der Waals surface area contributed by atoms with Crippen molar-refractivity contribution < 1.29 is 0 Å². The lowest BCUT2D eigenvalue weighted by Crippen LogP contribution is -2.57. The van der Waals surface area contributed by atoms with E-state index < -0.39 is 0 Å². The van der Waals surface area contributed by atoms with Gasteiger partial charge in [0.15, 0.2) is 0 Å². The molecule has 1 aromatic carbocycles. The molecule has 1 aromatic rings. The van der Waals surface area contributed by atoms with Crippen LogP contribution < -0.4 is 5.32 Å². The molecule has 3 heteroatoms. The molecule has 1 saturated heterocycles. The quantitative estimate of drug-likeness (QED) is 0.877. The highest BCUT2D eigenvalue weighted by Gasteiger charge is 2.29. The Morgan fingerprint density at radius 3 is 2.43 bits per heavy atom. The average Bonchev–Trinajstić information content (AvgIpc) is 2.42. The minimum atomic E-state index is 0.598. The molecule has 2 unspecified atom stereocenters. The van der Waals surface area contributed by atoms with Gasteiger partial charge in [-0.2, -0.15) is 0 Å². The fraction of sp³-hybridized carbons (Fsp3) is 0.667. The van der Waals surface area contributed by atoms with E-state index in [9.17, 15) is 0 Å². The van der Waals surface area contributed by atoms with Crippen molar-refractivity contribution in [1.82, 2.24) is 10.2 Å². The zero-order chi connectivity index (χ0) is 15.4. The third-order valence-corrected chi connectivity index (χ3v) is 4.66. The second-order valence-corrected chi connectivity index (χ2v) is 7.53. The Kier molecular flexibility index (Phi) is 6.09. The Labute approximate surface area is 134 Å². The minimum Gasteiger partial charge on any atom is -0.311 e. The van der Waals surface area contributed by atoms with Crippen LogP contribution in [-0.4, -0.2) is 30.1 Å². The first-order valence-electron chi connectivity index (χ1n) is 8.17. The Hall–Kier alpha value is -0.570. The van der Waals surface area contributed by atoms with Gasteiger partial charge in [0, 0.05) is 36.7 Å². The Balaban J connectivity index is 2.06. The van der Waals surface area contributed by atoms with Crippen molar-refractivity contribution in [2.45, 2.75) is 52.7 Å². The van der Waals surface area contributed by atoms with Crippen molar-refractivity contribution in [3.05, 3.63) is 34.9 Å². The number of piperazine rings is 1. The summed E-state index contributed by atoms with van der Waals surface area (Å²) in [6.45, 7) is 12.5. The average molecular weight is 309 g/mol. The van der Waals surface area contributed by atoms with Gasteiger partial charge in [-0.15, -0.1) is 0 Å². The van der Waals surface area contributed by atoms with Gasteiger partial charge in [0.05, 0.1) is 0 Å². The van der Waals surface area contributed by atoms with E-state index >= 15 is 0 Å². The number of benzene rings is 1. The van der Waals surface area contributed by atoms with E-state index in [1.54, 1.807) is 0 Å². The molecule has 2 rings (SSSR count). The van der Waals surface area contributed by atoms with Crippen LogP contribution >= 0.6 is 11.6 Å². The molecule has 1 fully saturated rings. The van der Waals surface area contributed by atoms with Crippen LogP contribution in [0.5, 0.6) is 0 Å². The van der Waals surface area contributed by atoms with Crippen LogP contribution in [0.25, 0.3) is 0 Å². The molecule has 1 aliphatic rings. The van der Waals surface area contributed by atoms with E-state index in [2.05, 4.69) is 50.0 Å². The first-order chi connectivity index (χ1) is 9.95. The van der Waals surface area contributed by atoms with Crippen LogP contribution in [0.4, 0.5) is 0 Å². The lowest BCUT2D eigenvalue weighted by Gasteiger charge is -2.42. The van der Waals surface area contributed by atoms with Crippen LogP contribution in [0.1, 0.15) is 39.7 Å². The minimum absolute atomic E-state index is 0.598. The second kappa shape index (κ2) is 7.62. The highest BCUT2D eigenvalue weighted by atomic mass is 35.5. The summed E-state index contributed by atoms with van der Waals surface area (Å²) >= 11 is 5.99. The highest BCUT2D eigenvalue weighted by Crippen LogP contribution is 2.21. The molecule has 2 atom stereocenters. The Bertz CT molecular complexity index is 427. The van der Waals surface area contributed by atoms with Crippen molar-refractivity contribution in [2.24, 2.45) is 11.8 Å². The highest BCUT2D eigenvalue weighted by molar-refractivity contribution is 6.30. The number of hydrogen-bond acceptors (Lipinski definition) is 2. The number of hydrogen-bond donors (Lipinski definition) is 1. The largest absolute Gasteiger partial charge is 0.311 e. The zero-order valence-corrected chi connectivity index (χ0v) is 14.5. The smallest absolute Gasteiger partial charge is 0.0406 e. The lowest BCUT2D eigenvalue weighted by molar-refractivity contribution is 0.0924. The molecule has 1 N–H and O–H groups in total. The maximum atomic E-state index is 5.99. The summed E-state index contributed by atoms with van der Waals surface area (Å²) in [7, 11) is 0. The standard InChI is InChI=1S/C18H29ClN2/c1-13(2)9-17-10-20-18(14(3)4)12-21(17)11-15-5-7-16(19)8-6-15/h5-8,13-14,17-18,20H,9-12H2,1-4H3. The topological polar surface area (TPSA) is 15.3 Å². The van der Waals surface area contributed by atoms with Gasteiger partial charge in [0.2, 0.25) is 0 Å². The van der Waals surface area contributed by atoms with Crippen molar-refractivity contribution in [3.8, 4) is 0 Å². The Morgan fingerprint density at radius 2 is 1.86 bits per heavy atom. The monoisotopic (exact) mass is 308 g/mol. The summed E-state index contributed by atoms with van der Waals surface area (Å²) in [6, 6.07) is 9.53. The second-order valence-electron chi connectivity index (χ2n) is 7.10. The molecule has 118 valence electrons. The molecule has 0 aromatic heterocycles. The molecule has 1 heterocycles. The van der Waals surface area contributed by atoms with Gasteiger partial charge < -0.3 is 5.32 Å². The van der Waals surface area contributed by atoms with Gasteiger partial charge in [0.1, 0.15) is 0 Å². The van der Waals surface area contributed by atoms with Crippen molar-refractivity contribution in [1.29, 1.82) is 0 Å². The molecule has 2 nitrogen and oxygen atoms in total. The molecule has 0 radical (unpaired) electrons. The van der Waals surface area contributed by atoms with Crippen LogP contribution in [0.3, 0.4) is 0 Å². The normalized spacial score (nSPS) is 24.0. The fourth-order valence-corrected chi connectivity index (χ4v) is 3.25. The van der Waals surface area contributed by atoms with Crippen LogP contribution in [0.15, 0.2) is 24.3 Å². The summed E-state index contributed by atoms with van der Waals surface area (Å²) in [5.74, 6) is 1.41. The van der Waals surface area contributed by atoms with Gasteiger partial charge in [0.25, 0.3) is 0 Å². The van der Waals surface area contributed by atoms with E-state index in [1.807, 2.05) is 12.1 Å². The van der Waals surface area contributed by atoms with Gasteiger partial charge in [-0.05, 0) is 36.0 Å². The molecule has 0 aliphatic carbocycles. The summed E-state index contributed by atoms with van der Waals surface area (Å²) < 4.78 is 0. The molecule has 0 bridgehead atoms. The fourth-order valence-electron chi connectivity index (χ4n) is 3.12. The van der Waals surface area contributed by atoms with E-state index in [4.69, 9.17) is 11.6 Å². The van der Waals surface area contributed by atoms with E-state index in [0.717, 1.165) is 30.6 Å². The first kappa shape index (κ1) is 16.8. The summed E-state index contributed by atoms with van der Waals surface area (Å²) in [5, 5.41) is 4.55. The molecule has 0 spiro atoms. The molecule has 0 amide bonds. The molecule has 21 heavy (non-hydrogen) atoms. The first-order valence-corrected chi connectivity index (χ1v) is 8.55. The van der Waals surface area contributed by atoms with Crippen molar-refractivity contribution >= 4 is 11.6 Å². The SMILES string of the molecule is CC(C)CC1CNC(C(C)C)CN1Cc1ccc(Cl)cc1. The molecular formula is C18H29ClN2. The summed E-state index contributed by atoms with van der Waals surface area (Å²) in [4.78, 5) is 2.66. The van der Waals surface area contributed by atoms with E-state index in [0.29, 0.717) is 18.0 Å². The van der Waals surface area contributed by atoms with Crippen molar-refractivity contribution in [2.75, 3.05) is 13.1 Å². The van der Waals surface area contributed by atoms with Gasteiger partial charge in [-0.25, -0.2) is 0 Å². The molecule has 1 aliphatic heterocycles. The zero-order valence-electron chi connectivity index (χ0n) is 13.8. The summed E-state index contributed by atoms with van der Waals surface area (Å²) in [6.07, 6.45) is 1.26. The third kappa shape index (κ3) is 4.98. The van der Waals surface area contributed by atoms with Gasteiger partial charge >= 0.3 is 0 Å². The van der Waals surface area contributed by atoms with Crippen LogP contribution in [-0.2, 0) is 6.54 Å². The van der Waals surface area contributed by atoms with Crippen LogP contribution in [0.2, 0.25) is 5.02 Å². The number of nitrogens with one attached hydrogen (secondary N) is 1. The van der Waals surface area contributed by atoms with Gasteiger partial charge in [-0.1, -0.05) is 51.4 Å². The lowest BCUT2D eigenvalue weighted by atomic mass is 9.94. The third-order valence-electron chi connectivity index (χ3n) is 4.41. The van der Waals surface area contributed by atoms with Gasteiger partial charge in [-0.3, -0.25) is 4.90 Å². The molecular weight excluding hydrogens is 280 g/mol.